The quantitative estimate of drug-likeness (QED) is 0.443. The summed E-state index contributed by atoms with van der Waals surface area (Å²) in [5.74, 6) is 6.41. The molecule has 0 amide bonds. The molecule has 0 fully saturated rings. The van der Waals surface area contributed by atoms with Gasteiger partial charge in [0.05, 0.1) is 11.4 Å². The molecule has 0 saturated carbocycles. The fourth-order valence-electron chi connectivity index (χ4n) is 2.35. The van der Waals surface area contributed by atoms with Gasteiger partial charge in [0.15, 0.2) is 0 Å². The van der Waals surface area contributed by atoms with Gasteiger partial charge in [-0.15, -0.1) is 0 Å². The molecule has 114 valence electrons. The third-order valence-electron chi connectivity index (χ3n) is 3.42. The third kappa shape index (κ3) is 3.18. The van der Waals surface area contributed by atoms with Crippen LogP contribution in [0.25, 0.3) is 11.3 Å². The van der Waals surface area contributed by atoms with Crippen molar-refractivity contribution in [3.05, 3.63) is 77.7 Å². The van der Waals surface area contributed by atoms with Crippen molar-refractivity contribution < 1.29 is 5.11 Å². The molecule has 1 heterocycles. The summed E-state index contributed by atoms with van der Waals surface area (Å²) in [6.07, 6.45) is 0. The number of benzene rings is 2. The van der Waals surface area contributed by atoms with E-state index in [0.29, 0.717) is 17.2 Å². The van der Waals surface area contributed by atoms with Crippen LogP contribution in [0, 0.1) is 6.92 Å². The highest BCUT2D eigenvalue weighted by Gasteiger charge is 2.12. The van der Waals surface area contributed by atoms with Gasteiger partial charge >= 0.3 is 0 Å². The number of aromatic nitrogens is 2. The zero-order valence-corrected chi connectivity index (χ0v) is 12.6. The van der Waals surface area contributed by atoms with E-state index >= 15 is 0 Å². The average molecular weight is 304 g/mol. The van der Waals surface area contributed by atoms with Crippen molar-refractivity contribution in [1.82, 2.24) is 9.97 Å². The van der Waals surface area contributed by atoms with Gasteiger partial charge in [0.2, 0.25) is 0 Å². The first-order chi connectivity index (χ1) is 11.2. The van der Waals surface area contributed by atoms with Crippen LogP contribution in [0.2, 0.25) is 0 Å². The molecule has 3 N–H and O–H groups in total. The molecule has 1 aromatic heterocycles. The standard InChI is InChI=1S/C18H16N4O/c1-12-20-16(13-5-3-2-4-6-13)11-17(21-12)18(22-19)14-7-9-15(23)10-8-14/h2-11,23H,19H2,1H3/b22-18+. The highest BCUT2D eigenvalue weighted by Crippen LogP contribution is 2.20. The molecular weight excluding hydrogens is 288 g/mol. The van der Waals surface area contributed by atoms with Crippen LogP contribution in [0.4, 0.5) is 0 Å². The molecule has 23 heavy (non-hydrogen) atoms. The first kappa shape index (κ1) is 14.7. The van der Waals surface area contributed by atoms with E-state index in [1.54, 1.807) is 24.3 Å². The second kappa shape index (κ2) is 6.27. The zero-order valence-electron chi connectivity index (χ0n) is 12.6. The SMILES string of the molecule is Cc1nc(/C(=N/N)c2ccc(O)cc2)cc(-c2ccccc2)n1. The highest BCUT2D eigenvalue weighted by atomic mass is 16.3. The maximum absolute atomic E-state index is 9.42. The fraction of sp³-hybridized carbons (Fsp3) is 0.0556. The van der Waals surface area contributed by atoms with Crippen molar-refractivity contribution in [3.8, 4) is 17.0 Å². The van der Waals surface area contributed by atoms with Crippen LogP contribution in [0.3, 0.4) is 0 Å². The Morgan fingerprint density at radius 2 is 1.70 bits per heavy atom. The molecule has 0 saturated heterocycles. The highest BCUT2D eigenvalue weighted by molar-refractivity contribution is 6.12. The molecule has 2 aromatic carbocycles. The summed E-state index contributed by atoms with van der Waals surface area (Å²) in [6.45, 7) is 1.83. The fourth-order valence-corrected chi connectivity index (χ4v) is 2.35. The number of aryl methyl sites for hydroxylation is 1. The number of nitrogens with two attached hydrogens (primary N) is 1. The molecule has 3 aromatic rings. The summed E-state index contributed by atoms with van der Waals surface area (Å²) in [5, 5.41) is 13.3. The molecule has 0 atom stereocenters. The predicted molar refractivity (Wildman–Crippen MR) is 90.1 cm³/mol. The van der Waals surface area contributed by atoms with E-state index in [1.807, 2.05) is 43.3 Å². The van der Waals surface area contributed by atoms with Crippen molar-refractivity contribution in [3.63, 3.8) is 0 Å². The summed E-state index contributed by atoms with van der Waals surface area (Å²) in [4.78, 5) is 8.93. The van der Waals surface area contributed by atoms with Crippen LogP contribution in [0.5, 0.6) is 5.75 Å². The van der Waals surface area contributed by atoms with Crippen molar-refractivity contribution in [2.45, 2.75) is 6.92 Å². The van der Waals surface area contributed by atoms with Crippen LogP contribution in [-0.2, 0) is 0 Å². The lowest BCUT2D eigenvalue weighted by atomic mass is 10.0. The summed E-state index contributed by atoms with van der Waals surface area (Å²) in [6, 6.07) is 18.4. The minimum absolute atomic E-state index is 0.189. The number of rotatable bonds is 3. The Labute approximate surface area is 134 Å². The topological polar surface area (TPSA) is 84.4 Å². The number of phenols is 1. The van der Waals surface area contributed by atoms with Gasteiger partial charge in [-0.2, -0.15) is 5.10 Å². The number of aromatic hydroxyl groups is 1. The Balaban J connectivity index is 2.08. The summed E-state index contributed by atoms with van der Waals surface area (Å²) < 4.78 is 0. The molecule has 0 aliphatic heterocycles. The van der Waals surface area contributed by atoms with E-state index in [0.717, 1.165) is 16.8 Å². The molecular formula is C18H16N4O. The molecule has 0 aliphatic rings. The van der Waals surface area contributed by atoms with Crippen LogP contribution in [0.1, 0.15) is 17.1 Å². The number of hydrogen-bond donors (Lipinski definition) is 2. The first-order valence-corrected chi connectivity index (χ1v) is 7.16. The van der Waals surface area contributed by atoms with E-state index in [-0.39, 0.29) is 5.75 Å². The Bertz CT molecular complexity index is 843. The monoisotopic (exact) mass is 304 g/mol. The van der Waals surface area contributed by atoms with E-state index in [1.165, 1.54) is 0 Å². The molecule has 5 nitrogen and oxygen atoms in total. The largest absolute Gasteiger partial charge is 0.508 e. The normalized spacial score (nSPS) is 11.4. The Morgan fingerprint density at radius 3 is 2.35 bits per heavy atom. The lowest BCUT2D eigenvalue weighted by Gasteiger charge is -2.09. The second-order valence-corrected chi connectivity index (χ2v) is 5.08. The number of phenolic OH excluding ortho intramolecular Hbond substituents is 1. The molecule has 0 aliphatic carbocycles. The van der Waals surface area contributed by atoms with Crippen LogP contribution < -0.4 is 5.84 Å². The molecule has 0 radical (unpaired) electrons. The van der Waals surface area contributed by atoms with Crippen molar-refractivity contribution in [2.24, 2.45) is 10.9 Å². The first-order valence-electron chi connectivity index (χ1n) is 7.16. The molecule has 3 rings (SSSR count). The van der Waals surface area contributed by atoms with Crippen LogP contribution in [-0.4, -0.2) is 20.8 Å². The third-order valence-corrected chi connectivity index (χ3v) is 3.42. The lowest BCUT2D eigenvalue weighted by molar-refractivity contribution is 0.475. The predicted octanol–water partition coefficient (Wildman–Crippen LogP) is 2.87. The van der Waals surface area contributed by atoms with Crippen molar-refractivity contribution in [1.29, 1.82) is 0 Å². The Kier molecular flexibility index (Phi) is 4.01. The second-order valence-electron chi connectivity index (χ2n) is 5.08. The van der Waals surface area contributed by atoms with Gasteiger partial charge in [-0.25, -0.2) is 9.97 Å². The Morgan fingerprint density at radius 1 is 1.00 bits per heavy atom. The van der Waals surface area contributed by atoms with Gasteiger partial charge in [0.25, 0.3) is 0 Å². The van der Waals surface area contributed by atoms with E-state index in [9.17, 15) is 5.11 Å². The summed E-state index contributed by atoms with van der Waals surface area (Å²) >= 11 is 0. The average Bonchev–Trinajstić information content (AvgIpc) is 2.58. The van der Waals surface area contributed by atoms with Gasteiger partial charge in [-0.05, 0) is 37.3 Å². The zero-order chi connectivity index (χ0) is 16.2. The van der Waals surface area contributed by atoms with Crippen LogP contribution in [0.15, 0.2) is 65.8 Å². The number of nitrogens with zero attached hydrogens (tertiary/aromatic N) is 3. The van der Waals surface area contributed by atoms with Crippen molar-refractivity contribution in [2.75, 3.05) is 0 Å². The van der Waals surface area contributed by atoms with E-state index in [4.69, 9.17) is 5.84 Å². The van der Waals surface area contributed by atoms with Gasteiger partial charge in [0, 0.05) is 11.1 Å². The molecule has 0 spiro atoms. The molecule has 5 heteroatoms. The number of hydrogen-bond acceptors (Lipinski definition) is 5. The minimum atomic E-state index is 0.189. The van der Waals surface area contributed by atoms with Gasteiger partial charge in [-0.3, -0.25) is 0 Å². The Hall–Kier alpha value is -3.21. The van der Waals surface area contributed by atoms with Crippen LogP contribution >= 0.6 is 0 Å². The van der Waals surface area contributed by atoms with Gasteiger partial charge in [-0.1, -0.05) is 30.3 Å². The lowest BCUT2D eigenvalue weighted by Crippen LogP contribution is -2.10. The molecule has 0 unspecified atom stereocenters. The maximum Gasteiger partial charge on any atom is 0.126 e. The van der Waals surface area contributed by atoms with Gasteiger partial charge < -0.3 is 10.9 Å². The minimum Gasteiger partial charge on any atom is -0.508 e. The van der Waals surface area contributed by atoms with Gasteiger partial charge in [0.1, 0.15) is 17.3 Å². The maximum atomic E-state index is 9.42. The summed E-state index contributed by atoms with van der Waals surface area (Å²) in [7, 11) is 0. The smallest absolute Gasteiger partial charge is 0.126 e. The van der Waals surface area contributed by atoms with E-state index in [2.05, 4.69) is 15.1 Å². The number of hydrazone groups is 1. The van der Waals surface area contributed by atoms with Crippen molar-refractivity contribution >= 4 is 5.71 Å². The van der Waals surface area contributed by atoms with E-state index < -0.39 is 0 Å². The summed E-state index contributed by atoms with van der Waals surface area (Å²) in [5.41, 5.74) is 3.79. The molecule has 0 bridgehead atoms.